The number of nitrogens with one attached hydrogen (secondary N) is 1. The van der Waals surface area contributed by atoms with E-state index in [-0.39, 0.29) is 23.2 Å². The van der Waals surface area contributed by atoms with E-state index >= 15 is 0 Å². The van der Waals surface area contributed by atoms with Crippen molar-refractivity contribution in [2.45, 2.75) is 25.3 Å². The summed E-state index contributed by atoms with van der Waals surface area (Å²) in [6, 6.07) is 8.32. The van der Waals surface area contributed by atoms with Crippen molar-refractivity contribution in [2.24, 2.45) is 0 Å². The highest BCUT2D eigenvalue weighted by Gasteiger charge is 2.32. The molecule has 1 atom stereocenters. The molecule has 0 aliphatic carbocycles. The van der Waals surface area contributed by atoms with E-state index in [1.807, 2.05) is 6.07 Å². The summed E-state index contributed by atoms with van der Waals surface area (Å²) < 4.78 is 34.3. The molecule has 2 aliphatic heterocycles. The van der Waals surface area contributed by atoms with Crippen LogP contribution in [0.15, 0.2) is 34.8 Å². The Bertz CT molecular complexity index is 1410. The summed E-state index contributed by atoms with van der Waals surface area (Å²) in [4.78, 5) is 22.2. The van der Waals surface area contributed by atoms with E-state index in [1.165, 1.54) is 0 Å². The van der Waals surface area contributed by atoms with E-state index in [1.54, 1.807) is 33.7 Å². The number of carbonyl (C=O) groups is 1. The van der Waals surface area contributed by atoms with E-state index in [0.29, 0.717) is 35.0 Å². The number of sulfonamides is 1. The van der Waals surface area contributed by atoms with Crippen LogP contribution >= 0.6 is 27.5 Å². The van der Waals surface area contributed by atoms with Crippen molar-refractivity contribution in [3.63, 3.8) is 0 Å². The number of piperidine rings is 1. The van der Waals surface area contributed by atoms with Crippen molar-refractivity contribution in [1.82, 2.24) is 19.5 Å². The van der Waals surface area contributed by atoms with Crippen molar-refractivity contribution in [1.29, 1.82) is 0 Å². The lowest BCUT2D eigenvalue weighted by Gasteiger charge is -2.35. The Kier molecular flexibility index (Phi) is 7.12. The second-order valence-electron chi connectivity index (χ2n) is 8.95. The quantitative estimate of drug-likeness (QED) is 0.447. The van der Waals surface area contributed by atoms with Gasteiger partial charge in [-0.25, -0.2) is 13.4 Å². The van der Waals surface area contributed by atoms with Crippen molar-refractivity contribution in [3.8, 4) is 0 Å². The van der Waals surface area contributed by atoms with Gasteiger partial charge in [-0.3, -0.25) is 9.52 Å². The first-order valence-corrected chi connectivity index (χ1v) is 14.7. The van der Waals surface area contributed by atoms with Crippen LogP contribution in [-0.2, 0) is 14.8 Å². The number of amides is 1. The summed E-state index contributed by atoms with van der Waals surface area (Å²) >= 11 is 9.75. The first kappa shape index (κ1) is 25.2. The van der Waals surface area contributed by atoms with Crippen molar-refractivity contribution < 1.29 is 17.9 Å². The van der Waals surface area contributed by atoms with Gasteiger partial charge >= 0.3 is 0 Å². The smallest absolute Gasteiger partial charge is 0.256 e. The van der Waals surface area contributed by atoms with Crippen LogP contribution in [0.25, 0.3) is 5.65 Å². The molecule has 1 N–H and O–H groups in total. The minimum Gasteiger partial charge on any atom is -0.378 e. The fourth-order valence-electron chi connectivity index (χ4n) is 4.75. The molecule has 13 heteroatoms. The van der Waals surface area contributed by atoms with E-state index in [2.05, 4.69) is 30.5 Å². The third kappa shape index (κ3) is 5.31. The molecule has 192 valence electrons. The lowest BCUT2D eigenvalue weighted by atomic mass is 9.98. The molecule has 5 rings (SSSR count). The number of nitrogens with zero attached hydrogens (tertiary/aromatic N) is 5. The third-order valence-corrected chi connectivity index (χ3v) is 7.62. The van der Waals surface area contributed by atoms with E-state index in [4.69, 9.17) is 21.4 Å². The van der Waals surface area contributed by atoms with Crippen LogP contribution in [-0.4, -0.2) is 72.9 Å². The van der Waals surface area contributed by atoms with Crippen molar-refractivity contribution in [3.05, 3.63) is 51.2 Å². The first-order chi connectivity index (χ1) is 17.2. The summed E-state index contributed by atoms with van der Waals surface area (Å²) in [5.41, 5.74) is 1.85. The second-order valence-corrected chi connectivity index (χ2v) is 12.0. The lowest BCUT2D eigenvalue weighted by molar-refractivity contribution is 0.0606. The highest BCUT2D eigenvalue weighted by molar-refractivity contribution is 9.10. The molecule has 10 nitrogen and oxygen atoms in total. The SMILES string of the molecule is CS(=O)(=O)Nc1ccc(Br)cc1C(=O)N1CCCC[C@H]1c1cc2nc(Cl)cc(N3CCOCC3)n2n1. The van der Waals surface area contributed by atoms with E-state index in [9.17, 15) is 13.2 Å². The average Bonchev–Trinajstić information content (AvgIpc) is 3.28. The number of halogens is 2. The maximum Gasteiger partial charge on any atom is 0.256 e. The van der Waals surface area contributed by atoms with Gasteiger partial charge in [-0.15, -0.1) is 0 Å². The standard InChI is InChI=1S/C23H26BrClN6O4S/c1-36(33,34)28-17-6-5-15(24)12-16(17)23(32)30-7-3-2-4-19(30)18-13-21-26-20(25)14-22(31(21)27-18)29-8-10-35-11-9-29/h5-6,12-14,19,28H,2-4,7-11H2,1H3/t19-/m0/s1. The number of anilines is 2. The van der Waals surface area contributed by atoms with Crippen LogP contribution in [0.3, 0.4) is 0 Å². The van der Waals surface area contributed by atoms with Crippen LogP contribution in [0.4, 0.5) is 11.5 Å². The highest BCUT2D eigenvalue weighted by Crippen LogP contribution is 2.35. The molecule has 2 fully saturated rings. The monoisotopic (exact) mass is 596 g/mol. The number of ether oxygens (including phenoxy) is 1. The zero-order valence-electron chi connectivity index (χ0n) is 19.7. The molecular formula is C23H26BrClN6O4S. The van der Waals surface area contributed by atoms with Crippen molar-refractivity contribution in [2.75, 3.05) is 48.7 Å². The van der Waals surface area contributed by atoms with E-state index < -0.39 is 10.0 Å². The number of carbonyl (C=O) groups excluding carboxylic acids is 1. The number of morpholine rings is 1. The van der Waals surface area contributed by atoms with Gasteiger partial charge in [-0.1, -0.05) is 27.5 Å². The second kappa shape index (κ2) is 10.2. The number of hydrogen-bond donors (Lipinski definition) is 1. The first-order valence-electron chi connectivity index (χ1n) is 11.7. The number of aromatic nitrogens is 3. The number of fused-ring (bicyclic) bond motifs is 1. The van der Waals surface area contributed by atoms with Crippen LogP contribution in [0.2, 0.25) is 5.15 Å². The fourth-order valence-corrected chi connectivity index (χ4v) is 5.87. The normalized spacial score (nSPS) is 19.0. The number of likely N-dealkylation sites (tertiary alicyclic amines) is 1. The largest absolute Gasteiger partial charge is 0.378 e. The van der Waals surface area contributed by atoms with Crippen LogP contribution in [0, 0.1) is 0 Å². The Labute approximate surface area is 222 Å². The third-order valence-electron chi connectivity index (χ3n) is 6.34. The highest BCUT2D eigenvalue weighted by atomic mass is 79.9. The maximum atomic E-state index is 13.8. The summed E-state index contributed by atoms with van der Waals surface area (Å²) in [6.45, 7) is 3.22. The molecule has 36 heavy (non-hydrogen) atoms. The molecule has 2 aliphatic rings. The van der Waals surface area contributed by atoms with Gasteiger partial charge < -0.3 is 14.5 Å². The van der Waals surface area contributed by atoms with Gasteiger partial charge in [0.15, 0.2) is 5.65 Å². The molecule has 2 aromatic heterocycles. The van der Waals surface area contributed by atoms with Gasteiger partial charge in [0.05, 0.1) is 42.5 Å². The Morgan fingerprint density at radius 3 is 2.69 bits per heavy atom. The zero-order chi connectivity index (χ0) is 25.4. The molecule has 1 aromatic carbocycles. The Balaban J connectivity index is 1.52. The lowest BCUT2D eigenvalue weighted by Crippen LogP contribution is -2.39. The topological polar surface area (TPSA) is 109 Å². The molecular weight excluding hydrogens is 572 g/mol. The van der Waals surface area contributed by atoms with Crippen LogP contribution < -0.4 is 9.62 Å². The molecule has 0 unspecified atom stereocenters. The van der Waals surface area contributed by atoms with Crippen LogP contribution in [0.5, 0.6) is 0 Å². The predicted octanol–water partition coefficient (Wildman–Crippen LogP) is 3.72. The van der Waals surface area contributed by atoms with Gasteiger partial charge in [0, 0.05) is 36.2 Å². The molecule has 0 saturated carbocycles. The van der Waals surface area contributed by atoms with Gasteiger partial charge in [0.25, 0.3) is 5.91 Å². The average molecular weight is 598 g/mol. The summed E-state index contributed by atoms with van der Waals surface area (Å²) in [5.74, 6) is 0.573. The molecule has 4 heterocycles. The van der Waals surface area contributed by atoms with Crippen molar-refractivity contribution >= 4 is 60.6 Å². The Morgan fingerprint density at radius 1 is 1.17 bits per heavy atom. The number of benzene rings is 1. The number of rotatable bonds is 5. The minimum atomic E-state index is -3.57. The minimum absolute atomic E-state index is 0.244. The van der Waals surface area contributed by atoms with Gasteiger partial charge in [0.1, 0.15) is 11.0 Å². The van der Waals surface area contributed by atoms with Gasteiger partial charge in [0.2, 0.25) is 10.0 Å². The Morgan fingerprint density at radius 2 is 1.94 bits per heavy atom. The molecule has 3 aromatic rings. The van der Waals surface area contributed by atoms with Gasteiger partial charge in [-0.2, -0.15) is 9.61 Å². The molecule has 0 bridgehead atoms. The number of hydrogen-bond acceptors (Lipinski definition) is 7. The molecule has 1 amide bonds. The predicted molar refractivity (Wildman–Crippen MR) is 141 cm³/mol. The Hall–Kier alpha value is -2.41. The zero-order valence-corrected chi connectivity index (χ0v) is 22.8. The molecule has 2 saturated heterocycles. The molecule has 0 radical (unpaired) electrons. The molecule has 0 spiro atoms. The maximum absolute atomic E-state index is 13.8. The summed E-state index contributed by atoms with van der Waals surface area (Å²) in [5, 5.41) is 5.25. The summed E-state index contributed by atoms with van der Waals surface area (Å²) in [7, 11) is -3.57. The van der Waals surface area contributed by atoms with Gasteiger partial charge in [-0.05, 0) is 37.5 Å². The summed E-state index contributed by atoms with van der Waals surface area (Å²) in [6.07, 6.45) is 3.59. The van der Waals surface area contributed by atoms with E-state index in [0.717, 1.165) is 50.1 Å². The van der Waals surface area contributed by atoms with Crippen LogP contribution in [0.1, 0.15) is 41.4 Å². The fraction of sp³-hybridized carbons (Fsp3) is 0.435.